The van der Waals surface area contributed by atoms with Crippen LogP contribution in [0.3, 0.4) is 0 Å². The molecule has 3 nitrogen and oxygen atoms in total. The monoisotopic (exact) mass is 296 g/mol. The van der Waals surface area contributed by atoms with Gasteiger partial charge in [0.15, 0.2) is 0 Å². The smallest absolute Gasteiger partial charge is 0.133 e. The predicted octanol–water partition coefficient (Wildman–Crippen LogP) is 4.81. The lowest BCUT2D eigenvalue weighted by Gasteiger charge is -2.28. The van der Waals surface area contributed by atoms with Crippen LogP contribution < -0.4 is 0 Å². The second-order valence-corrected chi connectivity index (χ2v) is 7.64. The molecular weight excluding hydrogens is 272 g/mol. The largest absolute Gasteiger partial charge is 0.507 e. The third-order valence-electron chi connectivity index (χ3n) is 3.76. The molecule has 0 spiro atoms. The van der Waals surface area contributed by atoms with Gasteiger partial charge in [-0.3, -0.25) is 0 Å². The van der Waals surface area contributed by atoms with Crippen molar-refractivity contribution in [2.24, 2.45) is 0 Å². The second kappa shape index (κ2) is 5.85. The fourth-order valence-corrected chi connectivity index (χ4v) is 2.33. The van der Waals surface area contributed by atoms with Gasteiger partial charge in [-0.15, -0.1) is 0 Å². The predicted molar refractivity (Wildman–Crippen MR) is 89.3 cm³/mol. The van der Waals surface area contributed by atoms with E-state index in [0.717, 1.165) is 16.7 Å². The van der Waals surface area contributed by atoms with Crippen LogP contribution in [0.1, 0.15) is 65.2 Å². The molecule has 3 heteroatoms. The minimum absolute atomic E-state index is 0.102. The normalized spacial score (nSPS) is 11.5. The fourth-order valence-electron chi connectivity index (χ4n) is 2.33. The summed E-state index contributed by atoms with van der Waals surface area (Å²) in [5.74, 6) is 0.298. The van der Waals surface area contributed by atoms with Crippen LogP contribution in [0.5, 0.6) is 5.75 Å². The molecule has 0 heterocycles. The Morgan fingerprint density at radius 2 is 1.27 bits per heavy atom. The average molecular weight is 296 g/mol. The van der Waals surface area contributed by atoms with E-state index in [0.29, 0.717) is 11.3 Å². The van der Waals surface area contributed by atoms with Gasteiger partial charge in [0.2, 0.25) is 0 Å². The Hall–Kier alpha value is -2.26. The van der Waals surface area contributed by atoms with Crippen LogP contribution in [0.25, 0.3) is 5.57 Å². The number of phenols is 1. The lowest BCUT2D eigenvalue weighted by molar-refractivity contribution is 0.423. The first-order chi connectivity index (χ1) is 9.93. The summed E-state index contributed by atoms with van der Waals surface area (Å²) in [6.07, 6.45) is 0. The number of phenolic OH excluding ortho intramolecular Hbond substituents is 1. The summed E-state index contributed by atoms with van der Waals surface area (Å²) in [5, 5.41) is 28.9. The first kappa shape index (κ1) is 17.8. The standard InChI is InChI=1S/C19H24N2O/c1-12(14(10-20)11-21)13-8-15(18(2,3)4)17(22)16(9-13)19(5,6)7/h8-9,22H,1-7H3. The number of rotatable bonds is 1. The van der Waals surface area contributed by atoms with E-state index in [1.165, 1.54) is 0 Å². The van der Waals surface area contributed by atoms with E-state index in [4.69, 9.17) is 10.5 Å². The topological polar surface area (TPSA) is 67.8 Å². The van der Waals surface area contributed by atoms with Crippen molar-refractivity contribution in [3.05, 3.63) is 34.4 Å². The van der Waals surface area contributed by atoms with E-state index in [2.05, 4.69) is 0 Å². The van der Waals surface area contributed by atoms with Gasteiger partial charge in [-0.25, -0.2) is 0 Å². The van der Waals surface area contributed by atoms with E-state index in [9.17, 15) is 5.11 Å². The van der Waals surface area contributed by atoms with Crippen LogP contribution in [0.4, 0.5) is 0 Å². The molecule has 116 valence electrons. The van der Waals surface area contributed by atoms with E-state index < -0.39 is 0 Å². The van der Waals surface area contributed by atoms with Crippen molar-refractivity contribution in [3.63, 3.8) is 0 Å². The minimum atomic E-state index is -0.236. The Bertz CT molecular complexity index is 648. The van der Waals surface area contributed by atoms with Gasteiger partial charge in [0.25, 0.3) is 0 Å². The van der Waals surface area contributed by atoms with Gasteiger partial charge in [-0.05, 0) is 41.0 Å². The molecule has 0 aliphatic carbocycles. The number of benzene rings is 1. The lowest BCUT2D eigenvalue weighted by Crippen LogP contribution is -2.17. The van der Waals surface area contributed by atoms with Gasteiger partial charge in [-0.1, -0.05) is 41.5 Å². The SMILES string of the molecule is CC(=C(C#N)C#N)c1cc(C(C)(C)C)c(O)c(C(C)(C)C)c1. The number of nitriles is 2. The molecule has 1 aromatic carbocycles. The fraction of sp³-hybridized carbons (Fsp3) is 0.474. The molecule has 1 N–H and O–H groups in total. The molecule has 0 saturated carbocycles. The highest BCUT2D eigenvalue weighted by Crippen LogP contribution is 2.41. The van der Waals surface area contributed by atoms with Gasteiger partial charge in [0.1, 0.15) is 23.5 Å². The molecule has 0 saturated heterocycles. The summed E-state index contributed by atoms with van der Waals surface area (Å²) in [6, 6.07) is 7.64. The van der Waals surface area contributed by atoms with E-state index in [1.807, 2.05) is 65.8 Å². The highest BCUT2D eigenvalue weighted by Gasteiger charge is 2.27. The van der Waals surface area contributed by atoms with Crippen molar-refractivity contribution in [3.8, 4) is 17.9 Å². The first-order valence-electron chi connectivity index (χ1n) is 7.33. The average Bonchev–Trinajstić information content (AvgIpc) is 2.37. The molecule has 1 rings (SSSR count). The third-order valence-corrected chi connectivity index (χ3v) is 3.76. The van der Waals surface area contributed by atoms with Crippen LogP contribution in [0, 0.1) is 22.7 Å². The Balaban J connectivity index is 3.83. The van der Waals surface area contributed by atoms with Crippen LogP contribution in [-0.4, -0.2) is 5.11 Å². The maximum absolute atomic E-state index is 10.7. The minimum Gasteiger partial charge on any atom is -0.507 e. The van der Waals surface area contributed by atoms with Crippen molar-refractivity contribution in [2.45, 2.75) is 59.3 Å². The summed E-state index contributed by atoms with van der Waals surface area (Å²) < 4.78 is 0. The van der Waals surface area contributed by atoms with Crippen molar-refractivity contribution in [2.75, 3.05) is 0 Å². The Morgan fingerprint density at radius 3 is 1.55 bits per heavy atom. The van der Waals surface area contributed by atoms with Crippen LogP contribution in [0.2, 0.25) is 0 Å². The summed E-state index contributed by atoms with van der Waals surface area (Å²) in [6.45, 7) is 14.0. The third kappa shape index (κ3) is 3.49. The van der Waals surface area contributed by atoms with E-state index in [1.54, 1.807) is 6.92 Å². The number of aromatic hydroxyl groups is 1. The molecule has 0 bridgehead atoms. The van der Waals surface area contributed by atoms with Gasteiger partial charge in [-0.2, -0.15) is 10.5 Å². The molecule has 0 aliphatic heterocycles. The molecule has 22 heavy (non-hydrogen) atoms. The summed E-state index contributed by atoms with van der Waals surface area (Å²) in [7, 11) is 0. The van der Waals surface area contributed by atoms with Crippen LogP contribution in [-0.2, 0) is 10.8 Å². The van der Waals surface area contributed by atoms with E-state index >= 15 is 0 Å². The molecule has 0 aliphatic rings. The van der Waals surface area contributed by atoms with Crippen LogP contribution >= 0.6 is 0 Å². The maximum Gasteiger partial charge on any atom is 0.133 e. The number of nitrogens with zero attached hydrogens (tertiary/aromatic N) is 2. The van der Waals surface area contributed by atoms with Crippen LogP contribution in [0.15, 0.2) is 17.7 Å². The van der Waals surface area contributed by atoms with Gasteiger partial charge < -0.3 is 5.11 Å². The number of hydrogen-bond acceptors (Lipinski definition) is 3. The quantitative estimate of drug-likeness (QED) is 0.756. The first-order valence-corrected chi connectivity index (χ1v) is 7.33. The highest BCUT2D eigenvalue weighted by molar-refractivity contribution is 5.75. The summed E-state index contributed by atoms with van der Waals surface area (Å²) in [4.78, 5) is 0. The van der Waals surface area contributed by atoms with Crippen molar-refractivity contribution in [1.29, 1.82) is 10.5 Å². The molecule has 0 amide bonds. The maximum atomic E-state index is 10.7. The zero-order valence-electron chi connectivity index (χ0n) is 14.5. The second-order valence-electron chi connectivity index (χ2n) is 7.64. The summed E-state index contributed by atoms with van der Waals surface area (Å²) in [5.41, 5.74) is 2.73. The molecule has 0 aromatic heterocycles. The Labute approximate surface area is 133 Å². The Morgan fingerprint density at radius 1 is 0.909 bits per heavy atom. The number of hydrogen-bond donors (Lipinski definition) is 1. The van der Waals surface area contributed by atoms with Gasteiger partial charge >= 0.3 is 0 Å². The van der Waals surface area contributed by atoms with Gasteiger partial charge in [0, 0.05) is 11.1 Å². The highest BCUT2D eigenvalue weighted by atomic mass is 16.3. The molecule has 0 fully saturated rings. The zero-order chi connectivity index (χ0) is 17.3. The Kier molecular flexibility index (Phi) is 4.73. The van der Waals surface area contributed by atoms with Crippen molar-refractivity contribution in [1.82, 2.24) is 0 Å². The summed E-state index contributed by atoms with van der Waals surface area (Å²) >= 11 is 0. The molecule has 1 aromatic rings. The van der Waals surface area contributed by atoms with E-state index in [-0.39, 0.29) is 16.4 Å². The molecular formula is C19H24N2O. The molecule has 0 radical (unpaired) electrons. The molecule has 0 unspecified atom stereocenters. The van der Waals surface area contributed by atoms with Gasteiger partial charge in [0.05, 0.1) is 0 Å². The number of allylic oxidation sites excluding steroid dienone is 2. The molecule has 0 atom stereocenters. The lowest BCUT2D eigenvalue weighted by atomic mass is 9.77. The van der Waals surface area contributed by atoms with Crippen molar-refractivity contribution < 1.29 is 5.11 Å². The van der Waals surface area contributed by atoms with Crippen molar-refractivity contribution >= 4 is 5.57 Å². The zero-order valence-corrected chi connectivity index (χ0v) is 14.5.